The van der Waals surface area contributed by atoms with Crippen LogP contribution in [0, 0.1) is 0 Å². The molecule has 0 aliphatic carbocycles. The van der Waals surface area contributed by atoms with Crippen molar-refractivity contribution in [2.75, 3.05) is 0 Å². The van der Waals surface area contributed by atoms with Crippen LogP contribution in [0.4, 0.5) is 0 Å². The fraction of sp³-hybridized carbons (Fsp3) is 0. The number of aromatic amines is 1. The van der Waals surface area contributed by atoms with Crippen molar-refractivity contribution in [3.63, 3.8) is 0 Å². The second-order valence-electron chi connectivity index (χ2n) is 3.19. The van der Waals surface area contributed by atoms with E-state index in [1.54, 1.807) is 11.6 Å². The third kappa shape index (κ3) is 0.858. The molecule has 70 valence electrons. The summed E-state index contributed by atoms with van der Waals surface area (Å²) in [5, 5.41) is 22.3. The van der Waals surface area contributed by atoms with Crippen LogP contribution in [0.5, 0.6) is 11.5 Å². The van der Waals surface area contributed by atoms with Gasteiger partial charge in [-0.25, -0.2) is 0 Å². The zero-order valence-electron chi connectivity index (χ0n) is 7.11. The van der Waals surface area contributed by atoms with Crippen LogP contribution < -0.4 is 0 Å². The zero-order valence-corrected chi connectivity index (χ0v) is 7.93. The summed E-state index contributed by atoms with van der Waals surface area (Å²) in [5.74, 6) is 0.538. The van der Waals surface area contributed by atoms with E-state index >= 15 is 0 Å². The van der Waals surface area contributed by atoms with E-state index in [1.807, 2.05) is 12.1 Å². The van der Waals surface area contributed by atoms with E-state index in [1.165, 1.54) is 11.3 Å². The average Bonchev–Trinajstić information content (AvgIpc) is 2.71. The summed E-state index contributed by atoms with van der Waals surface area (Å²) in [6.07, 6.45) is 1.55. The van der Waals surface area contributed by atoms with Gasteiger partial charge < -0.3 is 15.2 Å². The maximum atomic E-state index is 9.51. The van der Waals surface area contributed by atoms with Crippen LogP contribution in [-0.2, 0) is 0 Å². The van der Waals surface area contributed by atoms with E-state index in [2.05, 4.69) is 4.98 Å². The lowest BCUT2D eigenvalue weighted by atomic mass is 10.2. The molecule has 0 saturated heterocycles. The van der Waals surface area contributed by atoms with Crippen molar-refractivity contribution >= 4 is 32.3 Å². The predicted molar refractivity (Wildman–Crippen MR) is 57.0 cm³/mol. The molecule has 0 spiro atoms. The summed E-state index contributed by atoms with van der Waals surface area (Å²) < 4.78 is 0.977. The Kier molecular flexibility index (Phi) is 1.33. The number of fused-ring (bicyclic) bond motifs is 2. The first-order valence-electron chi connectivity index (χ1n) is 4.16. The van der Waals surface area contributed by atoms with Crippen molar-refractivity contribution < 1.29 is 10.2 Å². The van der Waals surface area contributed by atoms with Gasteiger partial charge in [0.2, 0.25) is 0 Å². The quantitative estimate of drug-likeness (QED) is 0.528. The highest BCUT2D eigenvalue weighted by molar-refractivity contribution is 7.17. The van der Waals surface area contributed by atoms with Gasteiger partial charge in [0.15, 0.2) is 0 Å². The standard InChI is InChI=1S/C10H7NO2S/c12-8-3-11-7-1-6-9(13)4-14-10(6)2-5(7)8/h1-4,11-13H. The number of rotatable bonds is 0. The molecular formula is C10H7NO2S. The lowest BCUT2D eigenvalue weighted by molar-refractivity contribution is 0.481. The molecule has 0 atom stereocenters. The second kappa shape index (κ2) is 2.42. The molecule has 0 amide bonds. The largest absolute Gasteiger partial charge is 0.506 e. The fourth-order valence-corrected chi connectivity index (χ4v) is 2.46. The summed E-state index contributed by atoms with van der Waals surface area (Å²) in [5.41, 5.74) is 0.837. The topological polar surface area (TPSA) is 56.2 Å². The molecule has 0 radical (unpaired) electrons. The number of H-pyrrole nitrogens is 1. The molecule has 2 heterocycles. The van der Waals surface area contributed by atoms with Crippen molar-refractivity contribution in [1.29, 1.82) is 0 Å². The maximum absolute atomic E-state index is 9.51. The van der Waals surface area contributed by atoms with Crippen molar-refractivity contribution in [3.05, 3.63) is 23.7 Å². The molecule has 0 aliphatic rings. The summed E-state index contributed by atoms with van der Waals surface area (Å²) in [6.45, 7) is 0. The Hall–Kier alpha value is -1.68. The number of aromatic nitrogens is 1. The van der Waals surface area contributed by atoms with Crippen LogP contribution in [0.15, 0.2) is 23.7 Å². The highest BCUT2D eigenvalue weighted by atomic mass is 32.1. The van der Waals surface area contributed by atoms with Gasteiger partial charge in [-0.2, -0.15) is 0 Å². The molecule has 0 aliphatic heterocycles. The molecule has 4 heteroatoms. The normalized spacial score (nSPS) is 11.4. The Labute approximate surface area is 83.2 Å². The number of aromatic hydroxyl groups is 2. The SMILES string of the molecule is Oc1c[nH]c2cc3c(O)csc3cc12. The minimum absolute atomic E-state index is 0.245. The molecular weight excluding hydrogens is 198 g/mol. The second-order valence-corrected chi connectivity index (χ2v) is 4.10. The molecule has 3 rings (SSSR count). The Morgan fingerprint density at radius 2 is 1.93 bits per heavy atom. The Morgan fingerprint density at radius 3 is 2.79 bits per heavy atom. The lowest BCUT2D eigenvalue weighted by Gasteiger charge is -1.93. The van der Waals surface area contributed by atoms with E-state index < -0.39 is 0 Å². The highest BCUT2D eigenvalue weighted by Gasteiger charge is 2.07. The van der Waals surface area contributed by atoms with Gasteiger partial charge >= 0.3 is 0 Å². The maximum Gasteiger partial charge on any atom is 0.140 e. The molecule has 0 saturated carbocycles. The van der Waals surface area contributed by atoms with Gasteiger partial charge in [0.05, 0.1) is 5.52 Å². The summed E-state index contributed by atoms with van der Waals surface area (Å²) in [6, 6.07) is 3.72. The fourth-order valence-electron chi connectivity index (χ4n) is 1.62. The molecule has 3 aromatic rings. The van der Waals surface area contributed by atoms with Crippen molar-refractivity contribution in [2.24, 2.45) is 0 Å². The van der Waals surface area contributed by atoms with Gasteiger partial charge in [-0.1, -0.05) is 0 Å². The van der Waals surface area contributed by atoms with Crippen LogP contribution in [0.25, 0.3) is 21.0 Å². The molecule has 14 heavy (non-hydrogen) atoms. The molecule has 3 nitrogen and oxygen atoms in total. The van der Waals surface area contributed by atoms with E-state index in [4.69, 9.17) is 0 Å². The molecule has 0 unspecified atom stereocenters. The molecule has 1 aromatic carbocycles. The van der Waals surface area contributed by atoms with E-state index in [0.717, 1.165) is 21.0 Å². The molecule has 0 bridgehead atoms. The molecule has 0 fully saturated rings. The first-order chi connectivity index (χ1) is 6.75. The van der Waals surface area contributed by atoms with Gasteiger partial charge in [-0.3, -0.25) is 0 Å². The number of thiophene rings is 1. The van der Waals surface area contributed by atoms with Crippen LogP contribution in [-0.4, -0.2) is 15.2 Å². The third-order valence-corrected chi connectivity index (χ3v) is 3.27. The Bertz CT molecular complexity index is 567. The first-order valence-corrected chi connectivity index (χ1v) is 5.04. The van der Waals surface area contributed by atoms with Gasteiger partial charge in [0.1, 0.15) is 11.5 Å². The lowest BCUT2D eigenvalue weighted by Crippen LogP contribution is -1.68. The minimum Gasteiger partial charge on any atom is -0.506 e. The van der Waals surface area contributed by atoms with Gasteiger partial charge in [-0.15, -0.1) is 11.3 Å². The number of hydrogen-bond donors (Lipinski definition) is 3. The Morgan fingerprint density at radius 1 is 1.07 bits per heavy atom. The summed E-state index contributed by atoms with van der Waals surface area (Å²) >= 11 is 1.47. The van der Waals surface area contributed by atoms with E-state index in [0.29, 0.717) is 5.75 Å². The number of benzene rings is 1. The average molecular weight is 205 g/mol. The Balaban J connectivity index is 2.56. The highest BCUT2D eigenvalue weighted by Crippen LogP contribution is 2.36. The molecule has 2 aromatic heterocycles. The van der Waals surface area contributed by atoms with Gasteiger partial charge in [0.25, 0.3) is 0 Å². The number of hydrogen-bond acceptors (Lipinski definition) is 3. The van der Waals surface area contributed by atoms with Crippen LogP contribution in [0.1, 0.15) is 0 Å². The minimum atomic E-state index is 0.245. The third-order valence-electron chi connectivity index (χ3n) is 2.33. The zero-order chi connectivity index (χ0) is 9.71. The monoisotopic (exact) mass is 205 g/mol. The van der Waals surface area contributed by atoms with Crippen LogP contribution in [0.2, 0.25) is 0 Å². The van der Waals surface area contributed by atoms with Crippen molar-refractivity contribution in [2.45, 2.75) is 0 Å². The molecule has 3 N–H and O–H groups in total. The number of nitrogens with one attached hydrogen (secondary N) is 1. The van der Waals surface area contributed by atoms with Crippen molar-refractivity contribution in [3.8, 4) is 11.5 Å². The smallest absolute Gasteiger partial charge is 0.140 e. The first kappa shape index (κ1) is 7.70. The summed E-state index contributed by atoms with van der Waals surface area (Å²) in [7, 11) is 0. The van der Waals surface area contributed by atoms with Crippen LogP contribution in [0.3, 0.4) is 0 Å². The van der Waals surface area contributed by atoms with Crippen molar-refractivity contribution in [1.82, 2.24) is 4.98 Å². The van der Waals surface area contributed by atoms with E-state index in [9.17, 15) is 10.2 Å². The van der Waals surface area contributed by atoms with Gasteiger partial charge in [-0.05, 0) is 12.1 Å². The summed E-state index contributed by atoms with van der Waals surface area (Å²) in [4.78, 5) is 2.94. The van der Waals surface area contributed by atoms with E-state index in [-0.39, 0.29) is 5.75 Å². The van der Waals surface area contributed by atoms with Crippen LogP contribution >= 0.6 is 11.3 Å². The predicted octanol–water partition coefficient (Wildman–Crippen LogP) is 2.79. The van der Waals surface area contributed by atoms with Gasteiger partial charge in [0, 0.05) is 27.0 Å².